The van der Waals surface area contributed by atoms with Crippen LogP contribution in [0, 0.1) is 0 Å². The first kappa shape index (κ1) is 21.7. The zero-order valence-corrected chi connectivity index (χ0v) is 16.0. The van der Waals surface area contributed by atoms with Crippen molar-refractivity contribution < 1.29 is 22.7 Å². The van der Waals surface area contributed by atoms with E-state index in [0.29, 0.717) is 30.2 Å². The lowest BCUT2D eigenvalue weighted by Gasteiger charge is -2.09. The standard InChI is InChI=1S/C18H26N2O5S/c1-4-6-11-19-14-26(22,23)20-18(21)10-8-15-7-9-16(25-12-5-2)17(13-15)24-3/h5,7-10,13,19H,2,4,6,11-12,14H2,1,3H3,(H,20,21)/b10-8+. The molecule has 0 spiro atoms. The average molecular weight is 382 g/mol. The molecule has 7 nitrogen and oxygen atoms in total. The van der Waals surface area contributed by atoms with E-state index in [1.54, 1.807) is 24.3 Å². The minimum Gasteiger partial charge on any atom is -0.493 e. The number of hydrogen-bond donors (Lipinski definition) is 2. The first-order chi connectivity index (χ1) is 12.4. The molecule has 2 N–H and O–H groups in total. The molecule has 144 valence electrons. The molecular formula is C18H26N2O5S. The number of nitrogens with one attached hydrogen (secondary N) is 2. The molecule has 0 bridgehead atoms. The number of carbonyl (C=O) groups excluding carboxylic acids is 1. The smallest absolute Gasteiger partial charge is 0.257 e. The summed E-state index contributed by atoms with van der Waals surface area (Å²) in [5, 5.41) is 2.78. The van der Waals surface area contributed by atoms with E-state index in [1.165, 1.54) is 13.2 Å². The van der Waals surface area contributed by atoms with E-state index in [1.807, 2.05) is 11.6 Å². The second-order valence-corrected chi connectivity index (χ2v) is 7.14. The van der Waals surface area contributed by atoms with Gasteiger partial charge in [0.25, 0.3) is 5.91 Å². The highest BCUT2D eigenvalue weighted by atomic mass is 32.2. The highest BCUT2D eigenvalue weighted by Gasteiger charge is 2.12. The Hall–Kier alpha value is -2.32. The number of rotatable bonds is 12. The van der Waals surface area contributed by atoms with Crippen molar-refractivity contribution >= 4 is 22.0 Å². The Balaban J connectivity index is 2.65. The van der Waals surface area contributed by atoms with Gasteiger partial charge in [-0.3, -0.25) is 4.79 Å². The largest absolute Gasteiger partial charge is 0.493 e. The molecule has 1 aromatic carbocycles. The van der Waals surface area contributed by atoms with E-state index in [2.05, 4.69) is 11.9 Å². The Morgan fingerprint density at radius 2 is 2.08 bits per heavy atom. The van der Waals surface area contributed by atoms with Crippen LogP contribution in [0.1, 0.15) is 25.3 Å². The van der Waals surface area contributed by atoms with Crippen molar-refractivity contribution in [3.63, 3.8) is 0 Å². The van der Waals surface area contributed by atoms with E-state index in [-0.39, 0.29) is 5.88 Å². The summed E-state index contributed by atoms with van der Waals surface area (Å²) in [4.78, 5) is 11.8. The summed E-state index contributed by atoms with van der Waals surface area (Å²) >= 11 is 0. The molecule has 0 aliphatic rings. The normalized spacial score (nSPS) is 11.3. The van der Waals surface area contributed by atoms with Crippen LogP contribution in [0.4, 0.5) is 0 Å². The highest BCUT2D eigenvalue weighted by molar-refractivity contribution is 7.90. The Bertz CT molecular complexity index is 729. The van der Waals surface area contributed by atoms with Crippen LogP contribution in [0.15, 0.2) is 36.9 Å². The SMILES string of the molecule is C=CCOc1ccc(/C=C/C(=O)NS(=O)(=O)CNCCCC)cc1OC. The molecule has 1 amide bonds. The van der Waals surface area contributed by atoms with E-state index in [4.69, 9.17) is 9.47 Å². The molecule has 0 saturated heterocycles. The highest BCUT2D eigenvalue weighted by Crippen LogP contribution is 2.28. The Morgan fingerprint density at radius 1 is 1.31 bits per heavy atom. The number of amides is 1. The molecule has 0 fully saturated rings. The van der Waals surface area contributed by atoms with Gasteiger partial charge in [-0.05, 0) is 36.7 Å². The predicted molar refractivity (Wildman–Crippen MR) is 103 cm³/mol. The van der Waals surface area contributed by atoms with E-state index in [9.17, 15) is 13.2 Å². The number of hydrogen-bond acceptors (Lipinski definition) is 6. The molecule has 0 atom stereocenters. The van der Waals surface area contributed by atoms with E-state index < -0.39 is 15.9 Å². The van der Waals surface area contributed by atoms with Crippen molar-refractivity contribution in [2.75, 3.05) is 26.1 Å². The molecule has 26 heavy (non-hydrogen) atoms. The molecule has 0 radical (unpaired) electrons. The third-order valence-corrected chi connectivity index (χ3v) is 4.32. The number of methoxy groups -OCH3 is 1. The van der Waals surface area contributed by atoms with Crippen molar-refractivity contribution in [2.24, 2.45) is 0 Å². The molecule has 0 aliphatic heterocycles. The Labute approximate surface area is 155 Å². The summed E-state index contributed by atoms with van der Waals surface area (Å²) in [5.41, 5.74) is 0.668. The summed E-state index contributed by atoms with van der Waals surface area (Å²) in [7, 11) is -2.20. The lowest BCUT2D eigenvalue weighted by atomic mass is 10.2. The van der Waals surface area contributed by atoms with Crippen molar-refractivity contribution in [1.82, 2.24) is 10.0 Å². The zero-order chi connectivity index (χ0) is 19.4. The first-order valence-electron chi connectivity index (χ1n) is 8.26. The van der Waals surface area contributed by atoms with Crippen LogP contribution in [0.2, 0.25) is 0 Å². The van der Waals surface area contributed by atoms with Gasteiger partial charge in [0.15, 0.2) is 11.5 Å². The second-order valence-electron chi connectivity index (χ2n) is 5.42. The van der Waals surface area contributed by atoms with Crippen molar-refractivity contribution in [2.45, 2.75) is 19.8 Å². The molecule has 1 rings (SSSR count). The Kier molecular flexibility index (Phi) is 9.46. The van der Waals surface area contributed by atoms with Gasteiger partial charge in [-0.15, -0.1) is 0 Å². The van der Waals surface area contributed by atoms with Crippen molar-refractivity contribution in [3.8, 4) is 11.5 Å². The fourth-order valence-electron chi connectivity index (χ4n) is 1.96. The summed E-state index contributed by atoms with van der Waals surface area (Å²) < 4.78 is 36.2. The molecular weight excluding hydrogens is 356 g/mol. The van der Waals surface area contributed by atoms with E-state index in [0.717, 1.165) is 18.9 Å². The fourth-order valence-corrected chi connectivity index (χ4v) is 2.82. The number of sulfonamides is 1. The maximum atomic E-state index is 11.8. The van der Waals surface area contributed by atoms with Crippen LogP contribution in [-0.2, 0) is 14.8 Å². The fraction of sp³-hybridized carbons (Fsp3) is 0.389. The van der Waals surface area contributed by atoms with Crippen LogP contribution < -0.4 is 19.5 Å². The van der Waals surface area contributed by atoms with Gasteiger partial charge < -0.3 is 14.8 Å². The van der Waals surface area contributed by atoms with Gasteiger partial charge in [0.2, 0.25) is 10.0 Å². The summed E-state index contributed by atoms with van der Waals surface area (Å²) in [5.74, 6) is 0.0422. The number of benzene rings is 1. The second kappa shape index (κ2) is 11.3. The minimum atomic E-state index is -3.71. The van der Waals surface area contributed by atoms with E-state index >= 15 is 0 Å². The molecule has 0 unspecified atom stereocenters. The molecule has 0 aliphatic carbocycles. The van der Waals surface area contributed by atoms with Crippen LogP contribution in [0.25, 0.3) is 6.08 Å². The summed E-state index contributed by atoms with van der Waals surface area (Å²) in [6, 6.07) is 5.11. The molecule has 8 heteroatoms. The molecule has 0 heterocycles. The lowest BCUT2D eigenvalue weighted by molar-refractivity contribution is -0.114. The predicted octanol–water partition coefficient (Wildman–Crippen LogP) is 2.07. The van der Waals surface area contributed by atoms with Crippen molar-refractivity contribution in [1.29, 1.82) is 0 Å². The number of carbonyl (C=O) groups is 1. The molecule has 1 aromatic rings. The van der Waals surface area contributed by atoms with Gasteiger partial charge in [-0.1, -0.05) is 32.1 Å². The number of unbranched alkanes of at least 4 members (excludes halogenated alkanes) is 1. The van der Waals surface area contributed by atoms with Gasteiger partial charge in [-0.25, -0.2) is 13.1 Å². The van der Waals surface area contributed by atoms with Gasteiger partial charge in [0.1, 0.15) is 12.5 Å². The maximum absolute atomic E-state index is 11.8. The first-order valence-corrected chi connectivity index (χ1v) is 9.92. The lowest BCUT2D eigenvalue weighted by Crippen LogP contribution is -2.36. The molecule has 0 aromatic heterocycles. The maximum Gasteiger partial charge on any atom is 0.257 e. The quantitative estimate of drug-likeness (QED) is 0.327. The third-order valence-electron chi connectivity index (χ3n) is 3.23. The van der Waals surface area contributed by atoms with Gasteiger partial charge in [0, 0.05) is 6.08 Å². The number of ether oxygens (including phenoxy) is 2. The molecule has 0 saturated carbocycles. The monoisotopic (exact) mass is 382 g/mol. The van der Waals surface area contributed by atoms with Crippen LogP contribution in [0.3, 0.4) is 0 Å². The van der Waals surface area contributed by atoms with Gasteiger partial charge in [-0.2, -0.15) is 0 Å². The van der Waals surface area contributed by atoms with Gasteiger partial charge >= 0.3 is 0 Å². The minimum absolute atomic E-state index is 0.296. The Morgan fingerprint density at radius 3 is 2.73 bits per heavy atom. The van der Waals surface area contributed by atoms with Crippen LogP contribution in [0.5, 0.6) is 11.5 Å². The van der Waals surface area contributed by atoms with Gasteiger partial charge in [0.05, 0.1) is 7.11 Å². The summed E-state index contributed by atoms with van der Waals surface area (Å²) in [6.07, 6.45) is 6.10. The van der Waals surface area contributed by atoms with Crippen LogP contribution in [-0.4, -0.2) is 40.5 Å². The topological polar surface area (TPSA) is 93.7 Å². The summed E-state index contributed by atoms with van der Waals surface area (Å²) in [6.45, 7) is 6.52. The zero-order valence-electron chi connectivity index (χ0n) is 15.2. The van der Waals surface area contributed by atoms with Crippen LogP contribution >= 0.6 is 0 Å². The van der Waals surface area contributed by atoms with Crippen molar-refractivity contribution in [3.05, 3.63) is 42.5 Å². The average Bonchev–Trinajstić information content (AvgIpc) is 2.61. The third kappa shape index (κ3) is 8.17.